The van der Waals surface area contributed by atoms with Gasteiger partial charge in [0, 0.05) is 0 Å². The molecule has 0 rings (SSSR count). The van der Waals surface area contributed by atoms with Gasteiger partial charge in [0.25, 0.3) is 0 Å². The summed E-state index contributed by atoms with van der Waals surface area (Å²) in [5.74, 6) is 0. The lowest BCUT2D eigenvalue weighted by atomic mass is 10.9. The Morgan fingerprint density at radius 3 is 2.50 bits per heavy atom. The third kappa shape index (κ3) is 4.83. The molecular weight excluding hydrogens is 135 g/mol. The predicted octanol–water partition coefficient (Wildman–Crippen LogP) is 1.34. The van der Waals surface area contributed by atoms with Crippen molar-refractivity contribution in [3.05, 3.63) is 0 Å². The molecule has 0 aromatic carbocycles. The Morgan fingerprint density at radius 1 is 2.00 bits per heavy atom. The van der Waals surface area contributed by atoms with E-state index in [1.54, 1.807) is 0 Å². The Bertz CT molecular complexity index is 55.5. The van der Waals surface area contributed by atoms with Crippen molar-refractivity contribution in [2.75, 3.05) is 6.61 Å². The molecule has 0 heterocycles. The molecule has 36 valence electrons. The molecular formula is C2H5OPS2. The van der Waals surface area contributed by atoms with Crippen molar-refractivity contribution in [3.8, 4) is 0 Å². The minimum atomic E-state index is -0.934. The fourth-order valence-electron chi connectivity index (χ4n) is 0.105. The van der Waals surface area contributed by atoms with Gasteiger partial charge in [-0.1, -0.05) is 0 Å². The Morgan fingerprint density at radius 2 is 2.50 bits per heavy atom. The van der Waals surface area contributed by atoms with E-state index in [1.807, 2.05) is 6.92 Å². The van der Waals surface area contributed by atoms with E-state index in [-0.39, 0.29) is 0 Å². The summed E-state index contributed by atoms with van der Waals surface area (Å²) in [6.07, 6.45) is -0.934. The Hall–Kier alpha value is 0.830. The fraction of sp³-hybridized carbons (Fsp3) is 1.00. The van der Waals surface area contributed by atoms with E-state index >= 15 is 0 Å². The van der Waals surface area contributed by atoms with Crippen LogP contribution in [-0.2, 0) is 28.6 Å². The smallest absolute Gasteiger partial charge is 0.201 e. The van der Waals surface area contributed by atoms with Crippen molar-refractivity contribution in [1.82, 2.24) is 0 Å². The van der Waals surface area contributed by atoms with Gasteiger partial charge in [-0.05, 0) is 6.92 Å². The molecule has 1 unspecified atom stereocenters. The molecule has 0 aliphatic heterocycles. The fourth-order valence-corrected chi connectivity index (χ4v) is 0.949. The van der Waals surface area contributed by atoms with Gasteiger partial charge in [-0.15, -0.1) is 0 Å². The quantitative estimate of drug-likeness (QED) is 0.423. The number of rotatable bonds is 2. The van der Waals surface area contributed by atoms with Gasteiger partial charge in [0.2, 0.25) is 6.13 Å². The van der Waals surface area contributed by atoms with E-state index in [4.69, 9.17) is 4.52 Å². The second-order valence-corrected chi connectivity index (χ2v) is 4.03. The summed E-state index contributed by atoms with van der Waals surface area (Å²) < 4.78 is 4.74. The zero-order valence-electron chi connectivity index (χ0n) is 3.38. The summed E-state index contributed by atoms with van der Waals surface area (Å²) in [4.78, 5) is 0. The average molecular weight is 140 g/mol. The molecule has 0 amide bonds. The summed E-state index contributed by atoms with van der Waals surface area (Å²) in [6, 6.07) is 0. The summed E-state index contributed by atoms with van der Waals surface area (Å²) in [7, 11) is 0. The lowest BCUT2D eigenvalue weighted by Gasteiger charge is -1.84. The van der Waals surface area contributed by atoms with Crippen LogP contribution in [0.25, 0.3) is 0 Å². The van der Waals surface area contributed by atoms with Crippen molar-refractivity contribution in [1.29, 1.82) is 0 Å². The van der Waals surface area contributed by atoms with Gasteiger partial charge in [0.1, 0.15) is 0 Å². The van der Waals surface area contributed by atoms with Gasteiger partial charge >= 0.3 is 0 Å². The monoisotopic (exact) mass is 140 g/mol. The van der Waals surface area contributed by atoms with Gasteiger partial charge in [0.15, 0.2) is 11.8 Å². The van der Waals surface area contributed by atoms with Crippen molar-refractivity contribution < 1.29 is 4.52 Å². The largest absolute Gasteiger partial charge is 0.441 e. The lowest BCUT2D eigenvalue weighted by molar-refractivity contribution is 0.396. The maximum atomic E-state index is 4.74. The zero-order valence-corrected chi connectivity index (χ0v) is 5.91. The van der Waals surface area contributed by atoms with Crippen LogP contribution < -0.4 is 0 Å². The van der Waals surface area contributed by atoms with Crippen LogP contribution in [0.15, 0.2) is 0 Å². The molecule has 0 saturated heterocycles. The van der Waals surface area contributed by atoms with E-state index in [0.29, 0.717) is 6.61 Å². The highest BCUT2D eigenvalue weighted by molar-refractivity contribution is 8.45. The molecule has 1 atom stereocenters. The third-order valence-corrected chi connectivity index (χ3v) is 1.34. The first-order valence-electron chi connectivity index (χ1n) is 1.54. The lowest BCUT2D eigenvalue weighted by Crippen LogP contribution is -1.70. The molecule has 0 bridgehead atoms. The summed E-state index contributed by atoms with van der Waals surface area (Å²) in [5.41, 5.74) is 0. The molecule has 4 heteroatoms. The SMILES string of the molecule is CCO[P+](=S)[S-]. The molecule has 0 spiro atoms. The third-order valence-electron chi connectivity index (χ3n) is 0.235. The van der Waals surface area contributed by atoms with Gasteiger partial charge < -0.3 is 12.2 Å². The highest BCUT2D eigenvalue weighted by Crippen LogP contribution is 2.15. The molecule has 0 N–H and O–H groups in total. The first-order chi connectivity index (χ1) is 2.77. The highest BCUT2D eigenvalue weighted by Gasteiger charge is 1.82. The minimum Gasteiger partial charge on any atom is -0.441 e. The van der Waals surface area contributed by atoms with Crippen LogP contribution in [0.3, 0.4) is 0 Å². The Kier molecular flexibility index (Phi) is 4.56. The molecule has 1 nitrogen and oxygen atoms in total. The average Bonchev–Trinajstić information content (AvgIpc) is 1.35. The van der Waals surface area contributed by atoms with E-state index in [2.05, 4.69) is 24.1 Å². The van der Waals surface area contributed by atoms with Crippen LogP contribution in [0.2, 0.25) is 0 Å². The van der Waals surface area contributed by atoms with Gasteiger partial charge in [-0.25, -0.2) is 0 Å². The van der Waals surface area contributed by atoms with Crippen LogP contribution in [0.5, 0.6) is 0 Å². The molecule has 0 aliphatic rings. The molecule has 0 aliphatic carbocycles. The number of hydrogen-bond acceptors (Lipinski definition) is 3. The van der Waals surface area contributed by atoms with Crippen LogP contribution in [0, 0.1) is 0 Å². The number of hydrogen-bond donors (Lipinski definition) is 0. The van der Waals surface area contributed by atoms with Crippen LogP contribution in [0.4, 0.5) is 0 Å². The summed E-state index contributed by atoms with van der Waals surface area (Å²) in [6.45, 7) is 2.53. The van der Waals surface area contributed by atoms with Gasteiger partial charge in [-0.2, -0.15) is 4.52 Å². The molecule has 0 fully saturated rings. The van der Waals surface area contributed by atoms with E-state index < -0.39 is 6.13 Å². The molecule has 0 aromatic heterocycles. The normalized spacial score (nSPS) is 11.3. The Balaban J connectivity index is 2.83. The summed E-state index contributed by atoms with van der Waals surface area (Å²) in [5, 5.41) is 0. The summed E-state index contributed by atoms with van der Waals surface area (Å²) >= 11 is 9.07. The second-order valence-electron chi connectivity index (χ2n) is 0.641. The maximum Gasteiger partial charge on any atom is 0.201 e. The first kappa shape index (κ1) is 6.83. The highest BCUT2D eigenvalue weighted by atomic mass is 32.9. The van der Waals surface area contributed by atoms with Gasteiger partial charge in [-0.3, -0.25) is 0 Å². The Labute approximate surface area is 48.7 Å². The van der Waals surface area contributed by atoms with E-state index in [1.165, 1.54) is 0 Å². The second kappa shape index (κ2) is 4.00. The van der Waals surface area contributed by atoms with Crippen molar-refractivity contribution in [2.24, 2.45) is 0 Å². The van der Waals surface area contributed by atoms with Crippen LogP contribution in [0.1, 0.15) is 6.92 Å². The van der Waals surface area contributed by atoms with E-state index in [0.717, 1.165) is 0 Å². The minimum absolute atomic E-state index is 0.651. The first-order valence-corrected chi connectivity index (χ1v) is 4.83. The zero-order chi connectivity index (χ0) is 4.99. The van der Waals surface area contributed by atoms with Gasteiger partial charge in [0.05, 0.1) is 6.61 Å². The van der Waals surface area contributed by atoms with E-state index in [9.17, 15) is 0 Å². The molecule has 0 aromatic rings. The van der Waals surface area contributed by atoms with Crippen LogP contribution >= 0.6 is 6.13 Å². The topological polar surface area (TPSA) is 9.23 Å². The van der Waals surface area contributed by atoms with Crippen LogP contribution in [-0.4, -0.2) is 6.61 Å². The standard InChI is InChI=1S/C2H5OPS2/c1-2-3-4(5)6/h2H2,1H3. The van der Waals surface area contributed by atoms with Crippen molar-refractivity contribution >= 4 is 30.2 Å². The molecule has 0 radical (unpaired) electrons. The molecule has 6 heavy (non-hydrogen) atoms. The van der Waals surface area contributed by atoms with Crippen molar-refractivity contribution in [3.63, 3.8) is 0 Å². The maximum absolute atomic E-state index is 4.74. The van der Waals surface area contributed by atoms with Crippen molar-refractivity contribution in [2.45, 2.75) is 6.92 Å². The molecule has 0 saturated carbocycles. The predicted molar refractivity (Wildman–Crippen MR) is 33.3 cm³/mol.